The fraction of sp³-hybridized carbons (Fsp3) is 0.200. The van der Waals surface area contributed by atoms with Gasteiger partial charge in [-0.05, 0) is 47.5 Å². The van der Waals surface area contributed by atoms with Crippen LogP contribution in [0.3, 0.4) is 0 Å². The first-order valence-electron chi connectivity index (χ1n) is 10.4. The van der Waals surface area contributed by atoms with Crippen molar-refractivity contribution in [1.29, 1.82) is 0 Å². The summed E-state index contributed by atoms with van der Waals surface area (Å²) in [4.78, 5) is 17.1. The van der Waals surface area contributed by atoms with Gasteiger partial charge in [-0.2, -0.15) is 0 Å². The number of pyridine rings is 1. The lowest BCUT2D eigenvalue weighted by molar-refractivity contribution is -0.121. The summed E-state index contributed by atoms with van der Waals surface area (Å²) in [7, 11) is 3.17. The Morgan fingerprint density at radius 2 is 1.79 bits per heavy atom. The van der Waals surface area contributed by atoms with E-state index in [1.807, 2.05) is 41.1 Å². The molecule has 2 heterocycles. The third-order valence-corrected chi connectivity index (χ3v) is 6.28. The average molecular weight is 466 g/mol. The third-order valence-electron chi connectivity index (χ3n) is 5.20. The molecule has 33 heavy (non-hydrogen) atoms. The maximum atomic E-state index is 13.1. The van der Waals surface area contributed by atoms with Crippen molar-refractivity contribution >= 4 is 28.6 Å². The molecular weight excluding hydrogens is 441 g/mol. The van der Waals surface area contributed by atoms with Crippen LogP contribution in [0.25, 0.3) is 10.9 Å². The molecule has 2 aromatic carbocycles. The Bertz CT molecular complexity index is 1260. The summed E-state index contributed by atoms with van der Waals surface area (Å²) in [6.45, 7) is 0.585. The van der Waals surface area contributed by atoms with Gasteiger partial charge in [-0.15, -0.1) is 11.8 Å². The molecule has 0 atom stereocenters. The lowest BCUT2D eigenvalue weighted by atomic mass is 10.2. The second-order valence-corrected chi connectivity index (χ2v) is 8.34. The van der Waals surface area contributed by atoms with E-state index in [1.54, 1.807) is 44.3 Å². The molecule has 6 nitrogen and oxygen atoms in total. The number of hydrogen-bond donors (Lipinski definition) is 1. The number of carbonyl (C=O) groups is 1. The smallest absolute Gasteiger partial charge is 0.240 e. The summed E-state index contributed by atoms with van der Waals surface area (Å²) >= 11 is 1.59. The van der Waals surface area contributed by atoms with Gasteiger partial charge in [0.05, 0.1) is 19.7 Å². The third kappa shape index (κ3) is 5.46. The molecule has 0 saturated carbocycles. The largest absolute Gasteiger partial charge is 0.493 e. The lowest BCUT2D eigenvalue weighted by Gasteiger charge is -2.11. The number of rotatable bonds is 9. The van der Waals surface area contributed by atoms with Crippen LogP contribution < -0.4 is 14.8 Å². The number of ether oxygens (including phenoxy) is 2. The van der Waals surface area contributed by atoms with Gasteiger partial charge in [-0.1, -0.05) is 18.2 Å². The summed E-state index contributed by atoms with van der Waals surface area (Å²) in [5.74, 6) is 1.61. The molecule has 4 rings (SSSR count). The first kappa shape index (κ1) is 22.7. The molecule has 4 aromatic rings. The minimum absolute atomic E-state index is 0.0976. The van der Waals surface area contributed by atoms with Gasteiger partial charge in [0.15, 0.2) is 11.5 Å². The Kier molecular flexibility index (Phi) is 7.14. The van der Waals surface area contributed by atoms with Crippen molar-refractivity contribution in [1.82, 2.24) is 14.9 Å². The summed E-state index contributed by atoms with van der Waals surface area (Å²) in [6.07, 6.45) is 3.64. The zero-order valence-electron chi connectivity index (χ0n) is 18.4. The Morgan fingerprint density at radius 3 is 2.55 bits per heavy atom. The molecule has 2 aromatic heterocycles. The van der Waals surface area contributed by atoms with E-state index in [1.165, 1.54) is 12.1 Å². The van der Waals surface area contributed by atoms with Crippen LogP contribution in [0, 0.1) is 5.82 Å². The van der Waals surface area contributed by atoms with Gasteiger partial charge < -0.3 is 19.4 Å². The number of amides is 1. The van der Waals surface area contributed by atoms with Crippen LogP contribution in [0.1, 0.15) is 11.1 Å². The van der Waals surface area contributed by atoms with Crippen LogP contribution in [0.2, 0.25) is 0 Å². The van der Waals surface area contributed by atoms with Gasteiger partial charge in [0.2, 0.25) is 5.91 Å². The van der Waals surface area contributed by atoms with Crippen LogP contribution in [-0.2, 0) is 23.6 Å². The van der Waals surface area contributed by atoms with Gasteiger partial charge in [0, 0.05) is 30.1 Å². The summed E-state index contributed by atoms with van der Waals surface area (Å²) < 4.78 is 25.6. The molecule has 0 saturated heterocycles. The molecular formula is C25H24FN3O3S. The van der Waals surface area contributed by atoms with Gasteiger partial charge in [0.25, 0.3) is 0 Å². The number of carbonyl (C=O) groups excluding carboxylic acids is 1. The number of benzene rings is 2. The van der Waals surface area contributed by atoms with E-state index in [2.05, 4.69) is 10.3 Å². The number of halogens is 1. The zero-order valence-corrected chi connectivity index (χ0v) is 19.2. The highest BCUT2D eigenvalue weighted by Gasteiger charge is 2.11. The minimum atomic E-state index is -0.245. The Labute approximate surface area is 195 Å². The highest BCUT2D eigenvalue weighted by atomic mass is 32.2. The van der Waals surface area contributed by atoms with Crippen molar-refractivity contribution in [3.63, 3.8) is 0 Å². The van der Waals surface area contributed by atoms with E-state index in [-0.39, 0.29) is 18.3 Å². The number of nitrogens with zero attached hydrogens (tertiary/aromatic N) is 2. The van der Waals surface area contributed by atoms with Gasteiger partial charge in [-0.25, -0.2) is 9.37 Å². The number of aromatic nitrogens is 2. The molecule has 0 radical (unpaired) electrons. The Hall–Kier alpha value is -3.52. The first-order valence-corrected chi connectivity index (χ1v) is 11.3. The molecule has 0 unspecified atom stereocenters. The molecule has 0 bridgehead atoms. The molecule has 170 valence electrons. The quantitative estimate of drug-likeness (QED) is 0.360. The Morgan fingerprint density at radius 1 is 1.03 bits per heavy atom. The molecule has 0 aliphatic carbocycles. The number of thioether (sulfide) groups is 1. The molecule has 0 fully saturated rings. The topological polar surface area (TPSA) is 65.4 Å². The van der Waals surface area contributed by atoms with Crippen molar-refractivity contribution in [3.05, 3.63) is 83.9 Å². The van der Waals surface area contributed by atoms with E-state index in [0.29, 0.717) is 23.8 Å². The maximum Gasteiger partial charge on any atom is 0.240 e. The van der Waals surface area contributed by atoms with Crippen molar-refractivity contribution in [2.45, 2.75) is 23.9 Å². The number of nitrogens with one attached hydrogen (secondary N) is 1. The fourth-order valence-electron chi connectivity index (χ4n) is 3.48. The molecule has 0 aliphatic rings. The van der Waals surface area contributed by atoms with Gasteiger partial charge in [-0.3, -0.25) is 4.79 Å². The van der Waals surface area contributed by atoms with E-state index >= 15 is 0 Å². The van der Waals surface area contributed by atoms with Crippen LogP contribution in [0.4, 0.5) is 4.39 Å². The van der Waals surface area contributed by atoms with Gasteiger partial charge >= 0.3 is 0 Å². The monoisotopic (exact) mass is 465 g/mol. The van der Waals surface area contributed by atoms with Crippen LogP contribution in [0.5, 0.6) is 11.5 Å². The molecule has 1 N–H and O–H groups in total. The SMILES string of the molecule is COc1ccc(CNC(=O)Cn2ccc3c(SCc4ccc(F)cc4)nccc32)cc1OC. The molecule has 8 heteroatoms. The normalized spacial score (nSPS) is 10.9. The van der Waals surface area contributed by atoms with Crippen molar-refractivity contribution in [2.24, 2.45) is 0 Å². The zero-order chi connectivity index (χ0) is 23.2. The predicted octanol–water partition coefficient (Wildman–Crippen LogP) is 4.80. The molecule has 0 spiro atoms. The van der Waals surface area contributed by atoms with Crippen molar-refractivity contribution < 1.29 is 18.7 Å². The van der Waals surface area contributed by atoms with E-state index in [9.17, 15) is 9.18 Å². The highest BCUT2D eigenvalue weighted by Crippen LogP contribution is 2.29. The number of methoxy groups -OCH3 is 2. The van der Waals surface area contributed by atoms with Crippen molar-refractivity contribution in [3.8, 4) is 11.5 Å². The van der Waals surface area contributed by atoms with E-state index in [0.717, 1.165) is 27.1 Å². The predicted molar refractivity (Wildman–Crippen MR) is 127 cm³/mol. The second kappa shape index (κ2) is 10.4. The molecule has 1 amide bonds. The second-order valence-electron chi connectivity index (χ2n) is 7.37. The maximum absolute atomic E-state index is 13.1. The lowest BCUT2D eigenvalue weighted by Crippen LogP contribution is -2.26. The average Bonchev–Trinajstić information content (AvgIpc) is 3.25. The number of hydrogen-bond acceptors (Lipinski definition) is 5. The number of fused-ring (bicyclic) bond motifs is 1. The minimum Gasteiger partial charge on any atom is -0.493 e. The summed E-state index contributed by atoms with van der Waals surface area (Å²) in [5.41, 5.74) is 2.88. The molecule has 0 aliphatic heterocycles. The standard InChI is InChI=1S/C25H24FN3O3S/c1-31-22-8-5-18(13-23(22)32-2)14-28-24(30)15-29-12-10-20-21(29)9-11-27-25(20)33-16-17-3-6-19(26)7-4-17/h3-13H,14-16H2,1-2H3,(H,28,30). The first-order chi connectivity index (χ1) is 16.1. The summed E-state index contributed by atoms with van der Waals surface area (Å²) in [6, 6.07) is 15.9. The van der Waals surface area contributed by atoms with E-state index < -0.39 is 0 Å². The van der Waals surface area contributed by atoms with Crippen LogP contribution in [-0.4, -0.2) is 29.7 Å². The fourth-order valence-corrected chi connectivity index (χ4v) is 4.44. The highest BCUT2D eigenvalue weighted by molar-refractivity contribution is 7.98. The van der Waals surface area contributed by atoms with Crippen LogP contribution in [0.15, 0.2) is 72.0 Å². The van der Waals surface area contributed by atoms with Crippen molar-refractivity contribution in [2.75, 3.05) is 14.2 Å². The summed E-state index contributed by atoms with van der Waals surface area (Å²) in [5, 5.41) is 4.81. The Balaban J connectivity index is 1.40. The van der Waals surface area contributed by atoms with Crippen LogP contribution >= 0.6 is 11.8 Å². The van der Waals surface area contributed by atoms with Gasteiger partial charge in [0.1, 0.15) is 17.4 Å². The van der Waals surface area contributed by atoms with E-state index in [4.69, 9.17) is 9.47 Å².